The van der Waals surface area contributed by atoms with Crippen LogP contribution in [0.15, 0.2) is 42.9 Å². The number of piperidine rings is 1. The van der Waals surface area contributed by atoms with Crippen LogP contribution in [0.25, 0.3) is 10.8 Å². The van der Waals surface area contributed by atoms with E-state index in [4.69, 9.17) is 5.73 Å². The summed E-state index contributed by atoms with van der Waals surface area (Å²) in [6, 6.07) is 7.50. The van der Waals surface area contributed by atoms with Gasteiger partial charge in [0.25, 0.3) is 5.91 Å². The Morgan fingerprint density at radius 2 is 2.07 bits per heavy atom. The Hall–Kier alpha value is -2.67. The molecule has 0 aliphatic carbocycles. The maximum Gasteiger partial charge on any atom is 0.263 e. The minimum atomic E-state index is -1.85. The molecule has 2 heterocycles. The number of hydrogen-bond acceptors (Lipinski definition) is 5. The lowest BCUT2D eigenvalue weighted by Crippen LogP contribution is -2.49. The van der Waals surface area contributed by atoms with E-state index in [1.54, 1.807) is 18.5 Å². The molecule has 0 bridgehead atoms. The van der Waals surface area contributed by atoms with Gasteiger partial charge >= 0.3 is 0 Å². The SMILES string of the molecule is CC(C)CN1CCC(F)(C(=O)Nc2cc3cc(N/C=C\N)ccc3cn2)CC1. The Labute approximate surface area is 165 Å². The molecule has 0 spiro atoms. The zero-order chi connectivity index (χ0) is 20.1. The number of rotatable bonds is 6. The number of halogens is 1. The van der Waals surface area contributed by atoms with Crippen molar-refractivity contribution < 1.29 is 9.18 Å². The highest BCUT2D eigenvalue weighted by Crippen LogP contribution is 2.29. The normalized spacial score (nSPS) is 17.3. The summed E-state index contributed by atoms with van der Waals surface area (Å²) in [5, 5.41) is 7.53. The van der Waals surface area contributed by atoms with Crippen LogP contribution in [0.1, 0.15) is 26.7 Å². The Balaban J connectivity index is 1.68. The number of amides is 1. The van der Waals surface area contributed by atoms with Crippen LogP contribution in [0.5, 0.6) is 0 Å². The van der Waals surface area contributed by atoms with Crippen molar-refractivity contribution in [1.29, 1.82) is 0 Å². The van der Waals surface area contributed by atoms with Gasteiger partial charge in [-0.15, -0.1) is 0 Å². The number of nitrogens with one attached hydrogen (secondary N) is 2. The van der Waals surface area contributed by atoms with Gasteiger partial charge in [0.1, 0.15) is 5.82 Å². The van der Waals surface area contributed by atoms with Gasteiger partial charge in [-0.2, -0.15) is 0 Å². The molecule has 0 atom stereocenters. The second kappa shape index (κ2) is 8.56. The van der Waals surface area contributed by atoms with E-state index in [1.807, 2.05) is 18.2 Å². The Bertz CT molecular complexity index is 859. The van der Waals surface area contributed by atoms with Gasteiger partial charge in [0.15, 0.2) is 5.67 Å². The van der Waals surface area contributed by atoms with Crippen molar-refractivity contribution in [1.82, 2.24) is 9.88 Å². The maximum absolute atomic E-state index is 15.2. The second-order valence-electron chi connectivity index (χ2n) is 7.75. The highest BCUT2D eigenvalue weighted by Gasteiger charge is 2.41. The maximum atomic E-state index is 15.2. The number of nitrogens with two attached hydrogens (primary N) is 1. The number of likely N-dealkylation sites (tertiary alicyclic amines) is 1. The first-order chi connectivity index (χ1) is 13.4. The summed E-state index contributed by atoms with van der Waals surface area (Å²) >= 11 is 0. The van der Waals surface area contributed by atoms with Gasteiger partial charge in [-0.05, 0) is 29.5 Å². The van der Waals surface area contributed by atoms with Crippen molar-refractivity contribution in [2.45, 2.75) is 32.4 Å². The number of carbonyl (C=O) groups is 1. The third kappa shape index (κ3) is 4.78. The van der Waals surface area contributed by atoms with Crippen molar-refractivity contribution in [3.8, 4) is 0 Å². The summed E-state index contributed by atoms with van der Waals surface area (Å²) in [5.41, 5.74) is 4.35. The molecular formula is C21H28FN5O. The van der Waals surface area contributed by atoms with Gasteiger partial charge in [-0.1, -0.05) is 19.9 Å². The summed E-state index contributed by atoms with van der Waals surface area (Å²) in [5.74, 6) is 0.275. The molecular weight excluding hydrogens is 357 g/mol. The van der Waals surface area contributed by atoms with E-state index in [9.17, 15) is 4.79 Å². The van der Waals surface area contributed by atoms with Gasteiger partial charge in [-0.25, -0.2) is 9.37 Å². The van der Waals surface area contributed by atoms with Gasteiger partial charge in [0.2, 0.25) is 0 Å². The lowest BCUT2D eigenvalue weighted by atomic mass is 9.92. The quantitative estimate of drug-likeness (QED) is 0.709. The topological polar surface area (TPSA) is 83.3 Å². The molecule has 1 fully saturated rings. The van der Waals surface area contributed by atoms with E-state index in [-0.39, 0.29) is 12.8 Å². The van der Waals surface area contributed by atoms with Crippen molar-refractivity contribution >= 4 is 28.2 Å². The van der Waals surface area contributed by atoms with Crippen LogP contribution in [0.3, 0.4) is 0 Å². The summed E-state index contributed by atoms with van der Waals surface area (Å²) in [6.07, 6.45) is 5.13. The smallest absolute Gasteiger partial charge is 0.263 e. The van der Waals surface area contributed by atoms with Crippen molar-refractivity contribution in [3.63, 3.8) is 0 Å². The summed E-state index contributed by atoms with van der Waals surface area (Å²) in [4.78, 5) is 19.1. The van der Waals surface area contributed by atoms with E-state index in [2.05, 4.69) is 34.4 Å². The number of alkyl halides is 1. The fraction of sp³-hybridized carbons (Fsp3) is 0.429. The molecule has 150 valence electrons. The first-order valence-corrected chi connectivity index (χ1v) is 9.65. The number of benzene rings is 1. The summed E-state index contributed by atoms with van der Waals surface area (Å²) < 4.78 is 15.2. The largest absolute Gasteiger partial charge is 0.403 e. The molecule has 4 N–H and O–H groups in total. The van der Waals surface area contributed by atoms with Crippen molar-refractivity contribution in [3.05, 3.63) is 42.9 Å². The third-order valence-corrected chi connectivity index (χ3v) is 4.99. The van der Waals surface area contributed by atoms with E-state index in [0.717, 1.165) is 23.0 Å². The average Bonchev–Trinajstić information content (AvgIpc) is 2.67. The van der Waals surface area contributed by atoms with Gasteiger partial charge in [-0.3, -0.25) is 4.79 Å². The van der Waals surface area contributed by atoms with Gasteiger partial charge in [0, 0.05) is 62.1 Å². The molecule has 6 nitrogen and oxygen atoms in total. The molecule has 7 heteroatoms. The van der Waals surface area contributed by atoms with E-state index in [0.29, 0.717) is 24.8 Å². The van der Waals surface area contributed by atoms with E-state index >= 15 is 4.39 Å². The van der Waals surface area contributed by atoms with Crippen LogP contribution >= 0.6 is 0 Å². The Kier molecular flexibility index (Phi) is 6.14. The summed E-state index contributed by atoms with van der Waals surface area (Å²) in [6.45, 7) is 6.40. The number of aromatic nitrogens is 1. The molecule has 1 saturated heterocycles. The average molecular weight is 385 g/mol. The molecule has 1 aromatic carbocycles. The van der Waals surface area contributed by atoms with E-state index < -0.39 is 11.6 Å². The standard InChI is InChI=1S/C21H28FN5O/c1-15(2)14-27-9-5-21(22,6-10-27)20(28)26-19-12-17-11-18(24-8-7-23)4-3-16(17)13-25-19/h3-4,7-8,11-13,15,24H,5-6,9-10,14,23H2,1-2H3,(H,25,26,28)/b8-7-. The molecule has 28 heavy (non-hydrogen) atoms. The van der Waals surface area contributed by atoms with Crippen LogP contribution in [0, 0.1) is 5.92 Å². The fourth-order valence-corrected chi connectivity index (χ4v) is 3.51. The number of carbonyl (C=O) groups excluding carboxylic acids is 1. The molecule has 0 unspecified atom stereocenters. The monoisotopic (exact) mass is 385 g/mol. The first kappa shape index (κ1) is 20.1. The highest BCUT2D eigenvalue weighted by molar-refractivity contribution is 5.98. The van der Waals surface area contributed by atoms with Crippen molar-refractivity contribution in [2.75, 3.05) is 30.3 Å². The predicted octanol–water partition coefficient (Wildman–Crippen LogP) is 3.48. The third-order valence-electron chi connectivity index (χ3n) is 4.99. The number of anilines is 2. The molecule has 0 saturated carbocycles. The van der Waals surface area contributed by atoms with Gasteiger partial charge in [0.05, 0.1) is 0 Å². The second-order valence-corrected chi connectivity index (χ2v) is 7.75. The van der Waals surface area contributed by atoms with Crippen LogP contribution in [0.2, 0.25) is 0 Å². The van der Waals surface area contributed by atoms with Gasteiger partial charge < -0.3 is 21.3 Å². The number of pyridine rings is 1. The molecule has 1 amide bonds. The molecule has 2 aromatic rings. The molecule has 1 aromatic heterocycles. The number of nitrogens with zero attached hydrogens (tertiary/aromatic N) is 2. The van der Waals surface area contributed by atoms with E-state index in [1.165, 1.54) is 6.20 Å². The minimum absolute atomic E-state index is 0.207. The van der Waals surface area contributed by atoms with Crippen LogP contribution < -0.4 is 16.4 Å². The van der Waals surface area contributed by atoms with Crippen molar-refractivity contribution in [2.24, 2.45) is 11.7 Å². The predicted molar refractivity (Wildman–Crippen MR) is 112 cm³/mol. The lowest BCUT2D eigenvalue weighted by Gasteiger charge is -2.36. The number of hydrogen-bond donors (Lipinski definition) is 3. The van der Waals surface area contributed by atoms with Crippen LogP contribution in [0.4, 0.5) is 15.9 Å². The molecule has 0 radical (unpaired) electrons. The molecule has 3 rings (SSSR count). The molecule has 1 aliphatic heterocycles. The minimum Gasteiger partial charge on any atom is -0.403 e. The van der Waals surface area contributed by atoms with Crippen LogP contribution in [-0.2, 0) is 4.79 Å². The first-order valence-electron chi connectivity index (χ1n) is 9.65. The Morgan fingerprint density at radius 3 is 2.75 bits per heavy atom. The zero-order valence-corrected chi connectivity index (χ0v) is 16.4. The Morgan fingerprint density at radius 1 is 1.32 bits per heavy atom. The fourth-order valence-electron chi connectivity index (χ4n) is 3.51. The molecule has 1 aliphatic rings. The lowest BCUT2D eigenvalue weighted by molar-refractivity contribution is -0.130. The van der Waals surface area contributed by atoms with Crippen LogP contribution in [-0.4, -0.2) is 41.1 Å². The zero-order valence-electron chi connectivity index (χ0n) is 16.4. The highest BCUT2D eigenvalue weighted by atomic mass is 19.1. The number of fused-ring (bicyclic) bond motifs is 1. The summed E-state index contributed by atoms with van der Waals surface area (Å²) in [7, 11) is 0.